The van der Waals surface area contributed by atoms with Gasteiger partial charge in [0.2, 0.25) is 0 Å². The van der Waals surface area contributed by atoms with Crippen LogP contribution in [0, 0.1) is 0 Å². The summed E-state index contributed by atoms with van der Waals surface area (Å²) in [4.78, 5) is 18.3. The van der Waals surface area contributed by atoms with E-state index in [1.54, 1.807) is 25.4 Å². The van der Waals surface area contributed by atoms with Gasteiger partial charge in [-0.2, -0.15) is 0 Å². The number of rotatable bonds is 8. The molecule has 0 atom stereocenters. The number of hydrogen-bond donors (Lipinski definition) is 2. The Morgan fingerprint density at radius 3 is 2.74 bits per heavy atom. The van der Waals surface area contributed by atoms with Crippen LogP contribution in [0.4, 0.5) is 5.82 Å². The molecule has 0 spiro atoms. The van der Waals surface area contributed by atoms with Gasteiger partial charge in [0, 0.05) is 25.4 Å². The predicted octanol–water partition coefficient (Wildman–Crippen LogP) is 1.58. The van der Waals surface area contributed by atoms with Crippen LogP contribution in [-0.4, -0.2) is 49.0 Å². The monoisotopic (exact) mass is 264 g/mol. The molecule has 0 aliphatic heterocycles. The van der Waals surface area contributed by atoms with Crippen LogP contribution in [0.3, 0.4) is 0 Å². The molecule has 2 N–H and O–H groups in total. The van der Waals surface area contributed by atoms with E-state index in [0.29, 0.717) is 17.9 Å². The van der Waals surface area contributed by atoms with E-state index in [2.05, 4.69) is 34.4 Å². The third-order valence-electron chi connectivity index (χ3n) is 3.11. The first kappa shape index (κ1) is 15.4. The van der Waals surface area contributed by atoms with Gasteiger partial charge in [0.05, 0.1) is 0 Å². The molecule has 0 radical (unpaired) electrons. The lowest BCUT2D eigenvalue weighted by Crippen LogP contribution is -2.29. The van der Waals surface area contributed by atoms with Gasteiger partial charge < -0.3 is 15.5 Å². The molecular formula is C14H24N4O. The Labute approximate surface area is 115 Å². The van der Waals surface area contributed by atoms with Crippen molar-refractivity contribution in [3.05, 3.63) is 23.9 Å². The lowest BCUT2D eigenvalue weighted by atomic mass is 10.2. The van der Waals surface area contributed by atoms with Crippen LogP contribution in [0.5, 0.6) is 0 Å². The first-order valence-electron chi connectivity index (χ1n) is 6.85. The van der Waals surface area contributed by atoms with Gasteiger partial charge in [-0.15, -0.1) is 0 Å². The van der Waals surface area contributed by atoms with Crippen molar-refractivity contribution in [2.45, 2.75) is 20.3 Å². The third kappa shape index (κ3) is 5.26. The van der Waals surface area contributed by atoms with E-state index in [1.807, 2.05) is 0 Å². The zero-order chi connectivity index (χ0) is 14.1. The molecule has 0 aliphatic carbocycles. The van der Waals surface area contributed by atoms with Crippen LogP contribution in [-0.2, 0) is 0 Å². The summed E-state index contributed by atoms with van der Waals surface area (Å²) in [5.41, 5.74) is 0.641. The van der Waals surface area contributed by atoms with Gasteiger partial charge in [0.25, 0.3) is 5.91 Å². The number of carbonyl (C=O) groups is 1. The maximum atomic E-state index is 11.9. The van der Waals surface area contributed by atoms with Gasteiger partial charge in [-0.3, -0.25) is 4.79 Å². The molecule has 1 aromatic rings. The second-order valence-electron chi connectivity index (χ2n) is 4.32. The number of nitrogens with zero attached hydrogens (tertiary/aromatic N) is 2. The van der Waals surface area contributed by atoms with Crippen molar-refractivity contribution in [3.63, 3.8) is 0 Å². The Morgan fingerprint density at radius 1 is 1.37 bits per heavy atom. The zero-order valence-corrected chi connectivity index (χ0v) is 12.1. The van der Waals surface area contributed by atoms with Crippen LogP contribution in [0.15, 0.2) is 18.3 Å². The van der Waals surface area contributed by atoms with Gasteiger partial charge >= 0.3 is 0 Å². The predicted molar refractivity (Wildman–Crippen MR) is 78.5 cm³/mol. The fourth-order valence-corrected chi connectivity index (χ4v) is 1.85. The molecule has 1 aromatic heterocycles. The minimum absolute atomic E-state index is 0.0431. The minimum atomic E-state index is -0.0431. The average Bonchev–Trinajstić information content (AvgIpc) is 2.47. The SMILES string of the molecule is CCN(CC)CCCNC(=O)c1ccnc(NC)c1. The molecule has 0 unspecified atom stereocenters. The first-order chi connectivity index (χ1) is 9.21. The number of anilines is 1. The molecule has 5 heteroatoms. The summed E-state index contributed by atoms with van der Waals surface area (Å²) in [5, 5.41) is 5.85. The second-order valence-corrected chi connectivity index (χ2v) is 4.32. The number of aromatic nitrogens is 1. The van der Waals surface area contributed by atoms with E-state index in [1.165, 1.54) is 0 Å². The van der Waals surface area contributed by atoms with E-state index in [4.69, 9.17) is 0 Å². The third-order valence-corrected chi connectivity index (χ3v) is 3.11. The Kier molecular flexibility index (Phi) is 6.89. The Bertz CT molecular complexity index is 391. The van der Waals surface area contributed by atoms with Crippen molar-refractivity contribution >= 4 is 11.7 Å². The van der Waals surface area contributed by atoms with Crippen LogP contribution in [0.1, 0.15) is 30.6 Å². The molecular weight excluding hydrogens is 240 g/mol. The molecule has 1 heterocycles. The minimum Gasteiger partial charge on any atom is -0.373 e. The van der Waals surface area contributed by atoms with E-state index in [9.17, 15) is 4.79 Å². The highest BCUT2D eigenvalue weighted by atomic mass is 16.1. The summed E-state index contributed by atoms with van der Waals surface area (Å²) in [7, 11) is 1.79. The summed E-state index contributed by atoms with van der Waals surface area (Å²) in [6.45, 7) is 8.13. The van der Waals surface area contributed by atoms with E-state index >= 15 is 0 Å². The van der Waals surface area contributed by atoms with Crippen molar-refractivity contribution in [2.75, 3.05) is 38.5 Å². The summed E-state index contributed by atoms with van der Waals surface area (Å²) in [6, 6.07) is 3.47. The largest absolute Gasteiger partial charge is 0.373 e. The highest BCUT2D eigenvalue weighted by Gasteiger charge is 2.06. The van der Waals surface area contributed by atoms with Crippen LogP contribution >= 0.6 is 0 Å². The highest BCUT2D eigenvalue weighted by Crippen LogP contribution is 2.05. The topological polar surface area (TPSA) is 57.3 Å². The maximum Gasteiger partial charge on any atom is 0.251 e. The van der Waals surface area contributed by atoms with Gasteiger partial charge in [0.15, 0.2) is 0 Å². The summed E-state index contributed by atoms with van der Waals surface area (Å²) in [6.07, 6.45) is 2.61. The number of amides is 1. The Balaban J connectivity index is 2.34. The fourth-order valence-electron chi connectivity index (χ4n) is 1.85. The van der Waals surface area contributed by atoms with E-state index < -0.39 is 0 Å². The first-order valence-corrected chi connectivity index (χ1v) is 6.85. The van der Waals surface area contributed by atoms with Crippen LogP contribution in [0.25, 0.3) is 0 Å². The highest BCUT2D eigenvalue weighted by molar-refractivity contribution is 5.94. The normalized spacial score (nSPS) is 10.5. The molecule has 1 amide bonds. The van der Waals surface area contributed by atoms with Crippen LogP contribution < -0.4 is 10.6 Å². The molecule has 5 nitrogen and oxygen atoms in total. The van der Waals surface area contributed by atoms with Gasteiger partial charge in [-0.05, 0) is 38.2 Å². The smallest absolute Gasteiger partial charge is 0.251 e. The van der Waals surface area contributed by atoms with E-state index in [0.717, 1.165) is 26.1 Å². The lowest BCUT2D eigenvalue weighted by molar-refractivity contribution is 0.0952. The molecule has 0 bridgehead atoms. The molecule has 0 fully saturated rings. The molecule has 0 aromatic carbocycles. The second kappa shape index (κ2) is 8.48. The zero-order valence-electron chi connectivity index (χ0n) is 12.1. The lowest BCUT2D eigenvalue weighted by Gasteiger charge is -2.17. The number of hydrogen-bond acceptors (Lipinski definition) is 4. The molecule has 1 rings (SSSR count). The van der Waals surface area contributed by atoms with Crippen molar-refractivity contribution in [2.24, 2.45) is 0 Å². The van der Waals surface area contributed by atoms with Gasteiger partial charge in [0.1, 0.15) is 5.82 Å². The van der Waals surface area contributed by atoms with Crippen molar-refractivity contribution in [3.8, 4) is 0 Å². The summed E-state index contributed by atoms with van der Waals surface area (Å²) < 4.78 is 0. The van der Waals surface area contributed by atoms with Gasteiger partial charge in [-0.1, -0.05) is 13.8 Å². The van der Waals surface area contributed by atoms with Crippen molar-refractivity contribution in [1.82, 2.24) is 15.2 Å². The molecule has 0 aliphatic rings. The summed E-state index contributed by atoms with van der Waals surface area (Å²) in [5.74, 6) is 0.661. The molecule has 19 heavy (non-hydrogen) atoms. The van der Waals surface area contributed by atoms with Crippen molar-refractivity contribution < 1.29 is 4.79 Å². The standard InChI is InChI=1S/C14H24N4O/c1-4-18(5-2)10-6-8-17-14(19)12-7-9-16-13(11-12)15-3/h7,9,11H,4-6,8,10H2,1-3H3,(H,15,16)(H,17,19). The number of nitrogens with one attached hydrogen (secondary N) is 2. The van der Waals surface area contributed by atoms with E-state index in [-0.39, 0.29) is 5.91 Å². The Hall–Kier alpha value is -1.62. The van der Waals surface area contributed by atoms with Crippen molar-refractivity contribution in [1.29, 1.82) is 0 Å². The van der Waals surface area contributed by atoms with Crippen LogP contribution in [0.2, 0.25) is 0 Å². The molecule has 106 valence electrons. The average molecular weight is 264 g/mol. The Morgan fingerprint density at radius 2 is 2.11 bits per heavy atom. The maximum absolute atomic E-state index is 11.9. The number of carbonyl (C=O) groups excluding carboxylic acids is 1. The molecule has 0 saturated heterocycles. The fraction of sp³-hybridized carbons (Fsp3) is 0.571. The number of pyridine rings is 1. The van der Waals surface area contributed by atoms with Gasteiger partial charge in [-0.25, -0.2) is 4.98 Å². The molecule has 0 saturated carbocycles. The quantitative estimate of drug-likeness (QED) is 0.700. The summed E-state index contributed by atoms with van der Waals surface area (Å²) >= 11 is 0.